The number of aryl methyl sites for hydroxylation is 3. The van der Waals surface area contributed by atoms with Gasteiger partial charge in [-0.1, -0.05) is 0 Å². The van der Waals surface area contributed by atoms with E-state index in [-0.39, 0.29) is 5.63 Å². The van der Waals surface area contributed by atoms with E-state index in [1.54, 1.807) is 0 Å². The number of hydrogen-bond acceptors (Lipinski definition) is 5. The Labute approximate surface area is 169 Å². The maximum atomic E-state index is 12.2. The third-order valence-corrected chi connectivity index (χ3v) is 6.04. The largest absolute Gasteiger partial charge is 0.454 e. The summed E-state index contributed by atoms with van der Waals surface area (Å²) in [7, 11) is 0. The van der Waals surface area contributed by atoms with Gasteiger partial charge in [0.25, 0.3) is 0 Å². The molecule has 5 rings (SSSR count). The van der Waals surface area contributed by atoms with Gasteiger partial charge in [0.1, 0.15) is 11.3 Å². The van der Waals surface area contributed by atoms with Gasteiger partial charge in [0.2, 0.25) is 0 Å². The Morgan fingerprint density at radius 3 is 2.52 bits per heavy atom. The summed E-state index contributed by atoms with van der Waals surface area (Å²) in [6.45, 7) is 9.16. The second-order valence-corrected chi connectivity index (χ2v) is 8.12. The Kier molecular flexibility index (Phi) is 4.28. The number of rotatable bonds is 3. The normalized spacial score (nSPS) is 15.0. The highest BCUT2D eigenvalue weighted by Gasteiger charge is 2.19. The zero-order valence-electron chi connectivity index (χ0n) is 17.0. The molecular formula is C24H24N2O3. The van der Waals surface area contributed by atoms with Gasteiger partial charge in [-0.2, -0.15) is 0 Å². The maximum absolute atomic E-state index is 12.2. The lowest BCUT2D eigenvalue weighted by Crippen LogP contribution is -2.18. The molecule has 0 aliphatic carbocycles. The number of likely N-dealkylation sites (tertiary alicyclic amines) is 1. The average molecular weight is 388 g/mol. The Balaban J connectivity index is 1.70. The predicted molar refractivity (Wildman–Crippen MR) is 114 cm³/mol. The fraction of sp³-hybridized carbons (Fsp3) is 0.333. The summed E-state index contributed by atoms with van der Waals surface area (Å²) in [5.74, 6) is 0.680. The summed E-state index contributed by atoms with van der Waals surface area (Å²) in [5, 5.41) is 1.96. The molecule has 1 aliphatic rings. The van der Waals surface area contributed by atoms with E-state index in [0.717, 1.165) is 58.4 Å². The van der Waals surface area contributed by atoms with Crippen molar-refractivity contribution < 1.29 is 8.83 Å². The molecule has 3 aromatic heterocycles. The van der Waals surface area contributed by atoms with Crippen molar-refractivity contribution in [2.45, 2.75) is 40.2 Å². The number of hydrogen-bond donors (Lipinski definition) is 0. The first kappa shape index (κ1) is 18.1. The van der Waals surface area contributed by atoms with Gasteiger partial charge in [-0.05, 0) is 81.6 Å². The third kappa shape index (κ3) is 3.15. The lowest BCUT2D eigenvalue weighted by molar-refractivity contribution is 0.332. The molecule has 0 N–H and O–H groups in total. The van der Waals surface area contributed by atoms with Crippen molar-refractivity contribution >= 4 is 21.9 Å². The van der Waals surface area contributed by atoms with Gasteiger partial charge in [0.05, 0.1) is 5.69 Å². The summed E-state index contributed by atoms with van der Waals surface area (Å²) in [6, 6.07) is 7.56. The predicted octanol–water partition coefficient (Wildman–Crippen LogP) is 5.12. The van der Waals surface area contributed by atoms with Crippen LogP contribution in [-0.4, -0.2) is 23.0 Å². The molecule has 0 unspecified atom stereocenters. The van der Waals surface area contributed by atoms with Gasteiger partial charge in [-0.25, -0.2) is 4.79 Å². The van der Waals surface area contributed by atoms with E-state index in [1.807, 2.05) is 26.1 Å². The molecule has 0 atom stereocenters. The summed E-state index contributed by atoms with van der Waals surface area (Å²) in [4.78, 5) is 19.2. The van der Waals surface area contributed by atoms with E-state index < -0.39 is 0 Å². The molecule has 4 aromatic rings. The molecule has 0 saturated carbocycles. The number of aromatic nitrogens is 1. The van der Waals surface area contributed by atoms with Crippen molar-refractivity contribution in [3.8, 4) is 11.3 Å². The Morgan fingerprint density at radius 1 is 0.966 bits per heavy atom. The quantitative estimate of drug-likeness (QED) is 0.456. The average Bonchev–Trinajstić information content (AvgIpc) is 3.35. The molecule has 0 bridgehead atoms. The standard InChI is InChI=1S/C24H24N2O3/c1-14-8-19-20(11-23(27)28-21(19)9-15(14)2)22-10-18-17(13-26-6-4-5-7-26)12-25-16(3)24(18)29-22/h8-12H,4-7,13H2,1-3H3. The first-order valence-corrected chi connectivity index (χ1v) is 10.2. The molecule has 29 heavy (non-hydrogen) atoms. The SMILES string of the molecule is Cc1cc2oc(=O)cc(-c3cc4c(CN5CCCC5)cnc(C)c4o3)c2cc1C. The van der Waals surface area contributed by atoms with Crippen LogP contribution >= 0.6 is 0 Å². The fourth-order valence-corrected chi connectivity index (χ4v) is 4.26. The van der Waals surface area contributed by atoms with E-state index in [4.69, 9.17) is 8.83 Å². The van der Waals surface area contributed by atoms with Crippen molar-refractivity contribution in [3.63, 3.8) is 0 Å². The lowest BCUT2D eigenvalue weighted by Gasteiger charge is -2.14. The molecule has 1 aliphatic heterocycles. The minimum absolute atomic E-state index is 0.372. The van der Waals surface area contributed by atoms with Crippen LogP contribution in [0.15, 0.2) is 44.1 Å². The minimum atomic E-state index is -0.372. The van der Waals surface area contributed by atoms with E-state index >= 15 is 0 Å². The van der Waals surface area contributed by atoms with Crippen molar-refractivity contribution in [3.05, 3.63) is 63.3 Å². The summed E-state index contributed by atoms with van der Waals surface area (Å²) in [6.07, 6.45) is 4.47. The molecule has 148 valence electrons. The van der Waals surface area contributed by atoms with Crippen LogP contribution < -0.4 is 5.63 Å². The summed E-state index contributed by atoms with van der Waals surface area (Å²) in [5.41, 5.74) is 6.04. The van der Waals surface area contributed by atoms with Crippen molar-refractivity contribution in [2.75, 3.05) is 13.1 Å². The first-order chi connectivity index (χ1) is 14.0. The Morgan fingerprint density at radius 2 is 1.72 bits per heavy atom. The topological polar surface area (TPSA) is 59.5 Å². The second-order valence-electron chi connectivity index (χ2n) is 8.12. The molecule has 0 spiro atoms. The zero-order valence-corrected chi connectivity index (χ0v) is 17.0. The Bertz CT molecular complexity index is 1290. The number of pyridine rings is 1. The number of nitrogens with zero attached hydrogens (tertiary/aromatic N) is 2. The second kappa shape index (κ2) is 6.85. The highest BCUT2D eigenvalue weighted by molar-refractivity contribution is 5.96. The van der Waals surface area contributed by atoms with Crippen LogP contribution in [0, 0.1) is 20.8 Å². The van der Waals surface area contributed by atoms with Crippen LogP contribution in [0.4, 0.5) is 0 Å². The smallest absolute Gasteiger partial charge is 0.336 e. The summed E-state index contributed by atoms with van der Waals surface area (Å²) >= 11 is 0. The third-order valence-electron chi connectivity index (χ3n) is 6.04. The zero-order chi connectivity index (χ0) is 20.1. The fourth-order valence-electron chi connectivity index (χ4n) is 4.26. The molecule has 5 heteroatoms. The van der Waals surface area contributed by atoms with Crippen LogP contribution in [0.5, 0.6) is 0 Å². The molecule has 0 radical (unpaired) electrons. The van der Waals surface area contributed by atoms with Crippen molar-refractivity contribution in [2.24, 2.45) is 0 Å². The van der Waals surface area contributed by atoms with E-state index in [0.29, 0.717) is 11.3 Å². The van der Waals surface area contributed by atoms with Crippen LogP contribution in [0.25, 0.3) is 33.3 Å². The van der Waals surface area contributed by atoms with Crippen LogP contribution in [0.3, 0.4) is 0 Å². The monoisotopic (exact) mass is 388 g/mol. The number of furan rings is 1. The van der Waals surface area contributed by atoms with E-state index in [9.17, 15) is 4.79 Å². The van der Waals surface area contributed by atoms with Gasteiger partial charge in [0.15, 0.2) is 5.58 Å². The highest BCUT2D eigenvalue weighted by atomic mass is 16.4. The molecule has 0 amide bonds. The van der Waals surface area contributed by atoms with E-state index in [1.165, 1.54) is 24.5 Å². The Hall–Kier alpha value is -2.92. The van der Waals surface area contributed by atoms with Crippen LogP contribution in [0.1, 0.15) is 35.2 Å². The maximum Gasteiger partial charge on any atom is 0.336 e. The van der Waals surface area contributed by atoms with Gasteiger partial charge in [-0.15, -0.1) is 0 Å². The van der Waals surface area contributed by atoms with Crippen LogP contribution in [0.2, 0.25) is 0 Å². The van der Waals surface area contributed by atoms with Gasteiger partial charge in [0, 0.05) is 35.1 Å². The first-order valence-electron chi connectivity index (χ1n) is 10.2. The van der Waals surface area contributed by atoms with Crippen molar-refractivity contribution in [1.29, 1.82) is 0 Å². The van der Waals surface area contributed by atoms with Gasteiger partial charge in [-0.3, -0.25) is 9.88 Å². The number of fused-ring (bicyclic) bond motifs is 2. The van der Waals surface area contributed by atoms with E-state index in [2.05, 4.69) is 28.9 Å². The summed E-state index contributed by atoms with van der Waals surface area (Å²) < 4.78 is 11.7. The number of benzene rings is 1. The molecule has 1 saturated heterocycles. The lowest BCUT2D eigenvalue weighted by atomic mass is 10.0. The molecule has 4 heterocycles. The van der Waals surface area contributed by atoms with Crippen molar-refractivity contribution in [1.82, 2.24) is 9.88 Å². The minimum Gasteiger partial charge on any atom is -0.454 e. The molecule has 5 nitrogen and oxygen atoms in total. The molecule has 1 aromatic carbocycles. The highest BCUT2D eigenvalue weighted by Crippen LogP contribution is 2.35. The van der Waals surface area contributed by atoms with Gasteiger partial charge < -0.3 is 8.83 Å². The molecular weight excluding hydrogens is 364 g/mol. The molecule has 1 fully saturated rings. The van der Waals surface area contributed by atoms with Crippen LogP contribution in [-0.2, 0) is 6.54 Å². The van der Waals surface area contributed by atoms with Gasteiger partial charge >= 0.3 is 5.63 Å².